The maximum atomic E-state index is 16.6. The van der Waals surface area contributed by atoms with Crippen molar-refractivity contribution in [1.82, 2.24) is 14.9 Å². The molecule has 2 aromatic heterocycles. The van der Waals surface area contributed by atoms with E-state index in [4.69, 9.17) is 22.3 Å². The molecule has 0 bridgehead atoms. The Bertz CT molecular complexity index is 1920. The Kier molecular flexibility index (Phi) is 9.15. The molecule has 2 aromatic carbocycles. The van der Waals surface area contributed by atoms with Crippen molar-refractivity contribution in [3.63, 3.8) is 0 Å². The number of aromatic nitrogens is 2. The molecule has 254 valence electrons. The smallest absolute Gasteiger partial charge is 0.241 e. The fraction of sp³-hybridized carbons (Fsp3) is 0.514. The Balaban J connectivity index is 0.000000347. The predicted octanol–water partition coefficient (Wildman–Crippen LogP) is 8.84. The molecule has 2 saturated heterocycles. The van der Waals surface area contributed by atoms with E-state index in [1.165, 1.54) is 25.0 Å². The van der Waals surface area contributed by atoms with Crippen LogP contribution in [0.2, 0.25) is 5.02 Å². The number of halogens is 6. The van der Waals surface area contributed by atoms with Gasteiger partial charge in [-0.15, -0.1) is 11.3 Å². The van der Waals surface area contributed by atoms with Gasteiger partial charge in [-0.3, -0.25) is 4.90 Å². The first-order valence-corrected chi connectivity index (χ1v) is 17.8. The number of benzene rings is 2. The SMILES string of the molecule is CCc1nc2c3c(c(Cl)c(-c4ccc(F)c5sc(N)c(C#N)c45)c(F)c3n1)CCCN2C1CCC(C(F)F)C1.FC1CC2CCCN2C1. The summed E-state index contributed by atoms with van der Waals surface area (Å²) in [4.78, 5) is 13.7. The number of hydrogen-bond acceptors (Lipinski definition) is 7. The highest BCUT2D eigenvalue weighted by Gasteiger charge is 2.38. The summed E-state index contributed by atoms with van der Waals surface area (Å²) in [5.41, 5.74) is 7.15. The number of rotatable bonds is 4. The van der Waals surface area contributed by atoms with Crippen LogP contribution in [0.5, 0.6) is 0 Å². The lowest BCUT2D eigenvalue weighted by molar-refractivity contribution is 0.0798. The van der Waals surface area contributed by atoms with Gasteiger partial charge in [-0.1, -0.05) is 24.6 Å². The molecule has 0 radical (unpaired) electrons. The van der Waals surface area contributed by atoms with Crippen molar-refractivity contribution >= 4 is 54.7 Å². The van der Waals surface area contributed by atoms with Crippen LogP contribution in [-0.2, 0) is 12.8 Å². The first-order chi connectivity index (χ1) is 23.1. The highest BCUT2D eigenvalue weighted by atomic mass is 35.5. The molecule has 4 unspecified atom stereocenters. The molecule has 5 heterocycles. The van der Waals surface area contributed by atoms with Crippen LogP contribution in [-0.4, -0.2) is 59.2 Å². The second-order valence-corrected chi connectivity index (χ2v) is 14.7. The fourth-order valence-electron chi connectivity index (χ4n) is 8.17. The Labute approximate surface area is 284 Å². The van der Waals surface area contributed by atoms with E-state index >= 15 is 4.39 Å². The van der Waals surface area contributed by atoms with Crippen LogP contribution in [0.25, 0.3) is 32.1 Å². The molecular formula is C35H36ClF5N6S. The Morgan fingerprint density at radius 2 is 1.90 bits per heavy atom. The topological polar surface area (TPSA) is 82.1 Å². The van der Waals surface area contributed by atoms with Gasteiger partial charge >= 0.3 is 0 Å². The number of hydrogen-bond donors (Lipinski definition) is 1. The van der Waals surface area contributed by atoms with E-state index in [2.05, 4.69) is 9.88 Å². The predicted molar refractivity (Wildman–Crippen MR) is 181 cm³/mol. The number of alkyl halides is 3. The second-order valence-electron chi connectivity index (χ2n) is 13.3. The first-order valence-electron chi connectivity index (χ1n) is 16.6. The molecule has 48 heavy (non-hydrogen) atoms. The maximum Gasteiger partial charge on any atom is 0.241 e. The van der Waals surface area contributed by atoms with Gasteiger partial charge in [-0.25, -0.2) is 31.9 Å². The molecule has 4 aromatic rings. The quantitative estimate of drug-likeness (QED) is 0.214. The summed E-state index contributed by atoms with van der Waals surface area (Å²) >= 11 is 7.91. The first kappa shape index (κ1) is 33.2. The molecule has 8 rings (SSSR count). The molecule has 6 nitrogen and oxygen atoms in total. The molecule has 3 fully saturated rings. The Morgan fingerprint density at radius 1 is 1.08 bits per heavy atom. The third-order valence-electron chi connectivity index (χ3n) is 10.5. The van der Waals surface area contributed by atoms with Crippen LogP contribution in [0, 0.1) is 28.9 Å². The molecule has 0 amide bonds. The van der Waals surface area contributed by atoms with Crippen LogP contribution in [0.4, 0.5) is 32.8 Å². The van der Waals surface area contributed by atoms with E-state index < -0.39 is 30.1 Å². The summed E-state index contributed by atoms with van der Waals surface area (Å²) in [6.07, 6.45) is 3.40. The van der Waals surface area contributed by atoms with Crippen molar-refractivity contribution in [3.05, 3.63) is 45.7 Å². The van der Waals surface area contributed by atoms with Crippen LogP contribution in [0.1, 0.15) is 68.8 Å². The summed E-state index contributed by atoms with van der Waals surface area (Å²) in [6, 6.07) is 5.14. The lowest BCUT2D eigenvalue weighted by Gasteiger charge is -2.30. The molecule has 3 aliphatic heterocycles. The number of anilines is 2. The van der Waals surface area contributed by atoms with Crippen LogP contribution in [0.3, 0.4) is 0 Å². The minimum atomic E-state index is -2.38. The third-order valence-corrected chi connectivity index (χ3v) is 11.9. The van der Waals surface area contributed by atoms with Crippen LogP contribution >= 0.6 is 22.9 Å². The maximum absolute atomic E-state index is 16.6. The van der Waals surface area contributed by atoms with E-state index in [9.17, 15) is 22.8 Å². The highest BCUT2D eigenvalue weighted by Crippen LogP contribution is 2.49. The number of thiophene rings is 1. The van der Waals surface area contributed by atoms with Gasteiger partial charge in [0.25, 0.3) is 0 Å². The van der Waals surface area contributed by atoms with Gasteiger partial charge in [0.05, 0.1) is 20.7 Å². The van der Waals surface area contributed by atoms with Gasteiger partial charge < -0.3 is 10.6 Å². The number of fused-ring (bicyclic) bond motifs is 2. The monoisotopic (exact) mass is 702 g/mol. The van der Waals surface area contributed by atoms with Gasteiger partial charge in [0.15, 0.2) is 5.82 Å². The molecule has 13 heteroatoms. The summed E-state index contributed by atoms with van der Waals surface area (Å²) in [7, 11) is 0. The fourth-order valence-corrected chi connectivity index (χ4v) is 9.49. The van der Waals surface area contributed by atoms with Crippen molar-refractivity contribution in [1.29, 1.82) is 5.26 Å². The van der Waals surface area contributed by atoms with Gasteiger partial charge in [0.2, 0.25) is 6.43 Å². The van der Waals surface area contributed by atoms with E-state index in [1.54, 1.807) is 0 Å². The summed E-state index contributed by atoms with van der Waals surface area (Å²) in [6.45, 7) is 4.29. The van der Waals surface area contributed by atoms with Crippen molar-refractivity contribution < 1.29 is 22.0 Å². The molecule has 0 spiro atoms. The lowest BCUT2D eigenvalue weighted by Crippen LogP contribution is -2.35. The van der Waals surface area contributed by atoms with Crippen molar-refractivity contribution in [2.45, 2.75) is 89.4 Å². The van der Waals surface area contributed by atoms with Gasteiger partial charge in [-0.05, 0) is 75.1 Å². The van der Waals surface area contributed by atoms with E-state index in [0.717, 1.165) is 24.3 Å². The minimum Gasteiger partial charge on any atom is -0.389 e. The zero-order chi connectivity index (χ0) is 33.9. The van der Waals surface area contributed by atoms with E-state index in [0.29, 0.717) is 80.2 Å². The van der Waals surface area contributed by atoms with Gasteiger partial charge in [0.1, 0.15) is 40.2 Å². The summed E-state index contributed by atoms with van der Waals surface area (Å²) < 4.78 is 71.1. The second kappa shape index (κ2) is 13.2. The highest BCUT2D eigenvalue weighted by molar-refractivity contribution is 7.23. The van der Waals surface area contributed by atoms with Crippen molar-refractivity contribution in [3.8, 4) is 17.2 Å². The average molecular weight is 703 g/mol. The molecule has 1 saturated carbocycles. The standard InChI is InChI=1S/C28H24ClF4N5S.C7H12FN/c1-2-18-36-24-21-15(4-3-9-38(28(21)37-18)13-6-5-12(10-13)26(32)33)22(29)20(23(24)31)14-7-8-17(30)25-19(14)16(11-34)27(35)39-25;8-6-4-7-2-1-3-9(7)5-6/h7-8,12-13,26H,2-6,9-10,35H2,1H3;6-7H,1-5H2. The summed E-state index contributed by atoms with van der Waals surface area (Å²) in [5, 5.41) is 10.8. The summed E-state index contributed by atoms with van der Waals surface area (Å²) in [5.74, 6) is -0.977. The number of nitrogens with zero attached hydrogens (tertiary/aromatic N) is 5. The minimum absolute atomic E-state index is 0.0391. The van der Waals surface area contributed by atoms with Crippen molar-refractivity contribution in [2.75, 3.05) is 30.3 Å². The van der Waals surface area contributed by atoms with E-state index in [1.807, 2.05) is 17.9 Å². The van der Waals surface area contributed by atoms with Crippen molar-refractivity contribution in [2.24, 2.45) is 5.92 Å². The zero-order valence-electron chi connectivity index (χ0n) is 26.5. The largest absolute Gasteiger partial charge is 0.389 e. The average Bonchev–Trinajstić information content (AvgIpc) is 3.84. The number of nitrogen functional groups attached to an aromatic ring is 1. The molecule has 1 aliphatic carbocycles. The number of nitrogens with two attached hydrogens (primary N) is 1. The third kappa shape index (κ3) is 5.65. The molecule has 4 aliphatic rings. The van der Waals surface area contributed by atoms with Gasteiger partial charge in [0, 0.05) is 48.5 Å². The Hall–Kier alpha value is -3.27. The molecule has 2 N–H and O–H groups in total. The lowest BCUT2D eigenvalue weighted by atomic mass is 9.93. The van der Waals surface area contributed by atoms with Gasteiger partial charge in [-0.2, -0.15) is 5.26 Å². The normalized spacial score (nSPS) is 23.9. The molecular weight excluding hydrogens is 667 g/mol. The van der Waals surface area contributed by atoms with E-state index in [-0.39, 0.29) is 48.4 Å². The van der Waals surface area contributed by atoms with Crippen LogP contribution < -0.4 is 10.6 Å². The number of nitriles is 1. The number of aryl methyl sites for hydroxylation is 2. The molecule has 4 atom stereocenters. The van der Waals surface area contributed by atoms with Crippen LogP contribution in [0.15, 0.2) is 12.1 Å². The zero-order valence-corrected chi connectivity index (χ0v) is 28.1. The Morgan fingerprint density at radius 3 is 2.60 bits per heavy atom.